The van der Waals surface area contributed by atoms with Gasteiger partial charge >= 0.3 is 0 Å². The van der Waals surface area contributed by atoms with Crippen molar-refractivity contribution in [2.45, 2.75) is 24.9 Å². The molecule has 1 aliphatic heterocycles. The van der Waals surface area contributed by atoms with Gasteiger partial charge in [0.2, 0.25) is 0 Å². The Hall–Kier alpha value is -0.120. The highest BCUT2D eigenvalue weighted by molar-refractivity contribution is 4.93. The van der Waals surface area contributed by atoms with Crippen molar-refractivity contribution in [1.29, 1.82) is 0 Å². The van der Waals surface area contributed by atoms with E-state index in [2.05, 4.69) is 0 Å². The van der Waals surface area contributed by atoms with Gasteiger partial charge in [-0.15, -0.1) is 0 Å². The summed E-state index contributed by atoms with van der Waals surface area (Å²) in [4.78, 5) is 0. The Bertz CT molecular complexity index is 134. The molecule has 3 heteroatoms. The fourth-order valence-corrected chi connectivity index (χ4v) is 1.75. The number of morpholine rings is 1. The summed E-state index contributed by atoms with van der Waals surface area (Å²) in [5.74, 6) is 5.67. The van der Waals surface area contributed by atoms with E-state index in [1.165, 1.54) is 19.3 Å². The largest absolute Gasteiger partial charge is 0.372 e. The highest BCUT2D eigenvalue weighted by atomic mass is 16.5. The van der Waals surface area contributed by atoms with Crippen molar-refractivity contribution in [3.8, 4) is 0 Å². The normalized spacial score (nSPS) is 32.1. The molecule has 0 aromatic heterocycles. The molecular formula is C7H14N2O. The first kappa shape index (κ1) is 6.58. The monoisotopic (exact) mass is 142 g/mol. The average molecular weight is 142 g/mol. The van der Waals surface area contributed by atoms with Gasteiger partial charge in [0.05, 0.1) is 12.2 Å². The van der Waals surface area contributed by atoms with Crippen LogP contribution in [0.2, 0.25) is 0 Å². The maximum atomic E-state index is 5.67. The van der Waals surface area contributed by atoms with E-state index < -0.39 is 0 Å². The molecule has 2 aliphatic rings. The summed E-state index contributed by atoms with van der Waals surface area (Å²) < 4.78 is 5.65. The van der Waals surface area contributed by atoms with Crippen molar-refractivity contribution in [3.05, 3.63) is 0 Å². The second-order valence-corrected chi connectivity index (χ2v) is 3.36. The Balaban J connectivity index is 1.96. The SMILES string of the molecule is NN1CCOC2(CCC2)C1. The van der Waals surface area contributed by atoms with E-state index in [-0.39, 0.29) is 5.60 Å². The summed E-state index contributed by atoms with van der Waals surface area (Å²) in [6.45, 7) is 2.64. The first-order valence-corrected chi connectivity index (χ1v) is 3.94. The average Bonchev–Trinajstić information content (AvgIpc) is 1.85. The van der Waals surface area contributed by atoms with E-state index in [9.17, 15) is 0 Å². The van der Waals surface area contributed by atoms with Gasteiger partial charge in [-0.1, -0.05) is 0 Å². The number of ether oxygens (including phenoxy) is 1. The third-order valence-corrected chi connectivity index (χ3v) is 2.54. The number of nitrogens with two attached hydrogens (primary N) is 1. The Labute approximate surface area is 61.1 Å². The zero-order valence-corrected chi connectivity index (χ0v) is 6.18. The maximum absolute atomic E-state index is 5.67. The second-order valence-electron chi connectivity index (χ2n) is 3.36. The van der Waals surface area contributed by atoms with Crippen molar-refractivity contribution >= 4 is 0 Å². The van der Waals surface area contributed by atoms with Crippen molar-refractivity contribution < 1.29 is 4.74 Å². The van der Waals surface area contributed by atoms with E-state index in [0.29, 0.717) is 0 Å². The molecule has 1 heterocycles. The molecule has 1 saturated carbocycles. The predicted molar refractivity (Wildman–Crippen MR) is 38.3 cm³/mol. The third-order valence-electron chi connectivity index (χ3n) is 2.54. The van der Waals surface area contributed by atoms with Crippen LogP contribution in [0.4, 0.5) is 0 Å². The summed E-state index contributed by atoms with van der Waals surface area (Å²) in [6.07, 6.45) is 3.73. The summed E-state index contributed by atoms with van der Waals surface area (Å²) in [5.41, 5.74) is 0.174. The quantitative estimate of drug-likeness (QED) is 0.488. The highest BCUT2D eigenvalue weighted by Crippen LogP contribution is 2.37. The number of nitrogens with zero attached hydrogens (tertiary/aromatic N) is 1. The molecule has 0 bridgehead atoms. The van der Waals surface area contributed by atoms with Gasteiger partial charge in [0, 0.05) is 13.1 Å². The van der Waals surface area contributed by atoms with Gasteiger partial charge in [0.15, 0.2) is 0 Å². The molecule has 1 aliphatic carbocycles. The molecule has 2 fully saturated rings. The molecule has 0 unspecified atom stereocenters. The van der Waals surface area contributed by atoms with Gasteiger partial charge < -0.3 is 4.74 Å². The van der Waals surface area contributed by atoms with E-state index in [1.54, 1.807) is 0 Å². The minimum Gasteiger partial charge on any atom is -0.372 e. The highest BCUT2D eigenvalue weighted by Gasteiger charge is 2.41. The zero-order chi connectivity index (χ0) is 7.03. The van der Waals surface area contributed by atoms with Crippen LogP contribution >= 0.6 is 0 Å². The Morgan fingerprint density at radius 3 is 2.60 bits per heavy atom. The number of rotatable bonds is 0. The molecule has 0 radical (unpaired) electrons. The van der Waals surface area contributed by atoms with E-state index in [1.807, 2.05) is 5.01 Å². The van der Waals surface area contributed by atoms with E-state index in [0.717, 1.165) is 19.7 Å². The minimum atomic E-state index is 0.174. The molecule has 0 aromatic carbocycles. The Kier molecular flexibility index (Phi) is 1.44. The number of hydrogen-bond donors (Lipinski definition) is 1. The molecule has 1 spiro atoms. The standard InChI is InChI=1S/C7H14N2O/c8-9-4-5-10-7(6-9)2-1-3-7/h1-6,8H2. The van der Waals surface area contributed by atoms with Crippen LogP contribution in [0.1, 0.15) is 19.3 Å². The topological polar surface area (TPSA) is 38.5 Å². The van der Waals surface area contributed by atoms with Gasteiger partial charge in [0.25, 0.3) is 0 Å². The maximum Gasteiger partial charge on any atom is 0.0823 e. The molecule has 0 amide bonds. The van der Waals surface area contributed by atoms with Gasteiger partial charge in [0.1, 0.15) is 0 Å². The predicted octanol–water partition coefficient (Wildman–Crippen LogP) is 0.115. The summed E-state index contributed by atoms with van der Waals surface area (Å²) in [5, 5.41) is 1.88. The first-order valence-electron chi connectivity index (χ1n) is 3.94. The molecular weight excluding hydrogens is 128 g/mol. The van der Waals surface area contributed by atoms with Crippen LogP contribution in [-0.2, 0) is 4.74 Å². The Morgan fingerprint density at radius 1 is 1.40 bits per heavy atom. The molecule has 1 saturated heterocycles. The molecule has 2 rings (SSSR count). The van der Waals surface area contributed by atoms with Crippen LogP contribution in [-0.4, -0.2) is 30.3 Å². The number of hydrogen-bond acceptors (Lipinski definition) is 3. The lowest BCUT2D eigenvalue weighted by molar-refractivity contribution is -0.151. The first-order chi connectivity index (χ1) is 4.81. The van der Waals surface area contributed by atoms with Gasteiger partial charge in [-0.05, 0) is 19.3 Å². The van der Waals surface area contributed by atoms with Crippen LogP contribution in [0.5, 0.6) is 0 Å². The van der Waals surface area contributed by atoms with Crippen molar-refractivity contribution in [2.75, 3.05) is 19.7 Å². The van der Waals surface area contributed by atoms with Gasteiger partial charge in [-0.2, -0.15) is 0 Å². The van der Waals surface area contributed by atoms with Crippen LogP contribution in [0.25, 0.3) is 0 Å². The van der Waals surface area contributed by atoms with Crippen LogP contribution in [0.15, 0.2) is 0 Å². The molecule has 58 valence electrons. The van der Waals surface area contributed by atoms with Crippen molar-refractivity contribution in [3.63, 3.8) is 0 Å². The Morgan fingerprint density at radius 2 is 2.20 bits per heavy atom. The second kappa shape index (κ2) is 2.19. The lowest BCUT2D eigenvalue weighted by Crippen LogP contribution is -2.57. The van der Waals surface area contributed by atoms with Crippen LogP contribution in [0, 0.1) is 0 Å². The summed E-state index contributed by atoms with van der Waals surface area (Å²) in [7, 11) is 0. The summed E-state index contributed by atoms with van der Waals surface area (Å²) >= 11 is 0. The molecule has 3 nitrogen and oxygen atoms in total. The smallest absolute Gasteiger partial charge is 0.0823 e. The van der Waals surface area contributed by atoms with Crippen LogP contribution < -0.4 is 5.84 Å². The summed E-state index contributed by atoms with van der Waals surface area (Å²) in [6, 6.07) is 0. The van der Waals surface area contributed by atoms with E-state index >= 15 is 0 Å². The molecule has 0 atom stereocenters. The van der Waals surface area contributed by atoms with E-state index in [4.69, 9.17) is 10.6 Å². The van der Waals surface area contributed by atoms with Gasteiger partial charge in [-0.25, -0.2) is 5.01 Å². The molecule has 0 aromatic rings. The van der Waals surface area contributed by atoms with Crippen molar-refractivity contribution in [2.24, 2.45) is 5.84 Å². The fourth-order valence-electron chi connectivity index (χ4n) is 1.75. The molecule has 10 heavy (non-hydrogen) atoms. The van der Waals surface area contributed by atoms with Crippen LogP contribution in [0.3, 0.4) is 0 Å². The molecule has 2 N–H and O–H groups in total. The third kappa shape index (κ3) is 0.944. The lowest BCUT2D eigenvalue weighted by atomic mass is 9.79. The minimum absolute atomic E-state index is 0.174. The van der Waals surface area contributed by atoms with Gasteiger partial charge in [-0.3, -0.25) is 5.84 Å². The fraction of sp³-hybridized carbons (Fsp3) is 1.00. The number of hydrazine groups is 1. The van der Waals surface area contributed by atoms with Crippen molar-refractivity contribution in [1.82, 2.24) is 5.01 Å². The lowest BCUT2D eigenvalue weighted by Gasteiger charge is -2.47. The zero-order valence-electron chi connectivity index (χ0n) is 6.18.